The minimum Gasteiger partial charge on any atom is -0.378 e. The maximum atomic E-state index is 13.6. The Morgan fingerprint density at radius 3 is 2.67 bits per heavy atom. The molecule has 10 heteroatoms. The van der Waals surface area contributed by atoms with Gasteiger partial charge in [0, 0.05) is 38.3 Å². The van der Waals surface area contributed by atoms with E-state index in [9.17, 15) is 12.8 Å². The normalized spacial score (nSPS) is 26.3. The van der Waals surface area contributed by atoms with E-state index in [0.717, 1.165) is 37.1 Å². The lowest BCUT2D eigenvalue weighted by atomic mass is 9.82. The highest BCUT2D eigenvalue weighted by atomic mass is 32.2. The highest BCUT2D eigenvalue weighted by Crippen LogP contribution is 2.34. The lowest BCUT2D eigenvalue weighted by Crippen LogP contribution is -2.54. The van der Waals surface area contributed by atoms with Gasteiger partial charge in [0.1, 0.15) is 5.82 Å². The summed E-state index contributed by atoms with van der Waals surface area (Å²) in [6.45, 7) is 1.78. The fourth-order valence-corrected chi connectivity index (χ4v) is 5.69. The third-order valence-electron chi connectivity index (χ3n) is 6.73. The summed E-state index contributed by atoms with van der Waals surface area (Å²) < 4.78 is 49.3. The first-order valence-corrected chi connectivity index (χ1v) is 13.0. The molecule has 2 aliphatic rings. The summed E-state index contributed by atoms with van der Waals surface area (Å²) in [6.07, 6.45) is 6.16. The molecular weight excluding hydrogens is 445 g/mol. The number of anilines is 1. The number of aromatic nitrogens is 2. The average Bonchev–Trinajstić information content (AvgIpc) is 2.84. The van der Waals surface area contributed by atoms with E-state index in [4.69, 9.17) is 4.74 Å². The van der Waals surface area contributed by atoms with E-state index in [1.807, 2.05) is 18.2 Å². The molecule has 33 heavy (non-hydrogen) atoms. The summed E-state index contributed by atoms with van der Waals surface area (Å²) in [4.78, 5) is 2.13. The van der Waals surface area contributed by atoms with Gasteiger partial charge in [0.05, 0.1) is 12.7 Å². The van der Waals surface area contributed by atoms with E-state index in [0.29, 0.717) is 32.0 Å². The second-order valence-electron chi connectivity index (χ2n) is 8.87. The van der Waals surface area contributed by atoms with Crippen molar-refractivity contribution in [3.05, 3.63) is 54.0 Å². The highest BCUT2D eigenvalue weighted by molar-refractivity contribution is 7.87. The summed E-state index contributed by atoms with van der Waals surface area (Å²) >= 11 is 0. The summed E-state index contributed by atoms with van der Waals surface area (Å²) in [5, 5.41) is 8.17. The minimum absolute atomic E-state index is 0.0233. The zero-order valence-corrected chi connectivity index (χ0v) is 19.7. The Kier molecular flexibility index (Phi) is 7.90. The van der Waals surface area contributed by atoms with Gasteiger partial charge in [-0.25, -0.2) is 9.11 Å². The molecule has 0 amide bonds. The zero-order valence-electron chi connectivity index (χ0n) is 18.9. The standard InChI is InChI=1S/C23H32FN5O3S/c1-25-33(30,31)28-22-11-13-29(23-6-3-12-26-27-23)15-19(22)16-32-21-9-7-17(8-10-21)18-4-2-5-20(24)14-18/h2-6,12,14,17,19,21-22,25,28H,7-11,13,15-16H2,1H3/t17?,19?,21?,22-/m0/s1. The van der Waals surface area contributed by atoms with Crippen LogP contribution in [0.15, 0.2) is 42.6 Å². The van der Waals surface area contributed by atoms with Crippen molar-refractivity contribution in [2.24, 2.45) is 5.92 Å². The fourth-order valence-electron chi connectivity index (χ4n) is 4.87. The van der Waals surface area contributed by atoms with Gasteiger partial charge < -0.3 is 9.64 Å². The number of piperidine rings is 1. The summed E-state index contributed by atoms with van der Waals surface area (Å²) in [6, 6.07) is 10.4. The first-order valence-electron chi connectivity index (χ1n) is 11.5. The van der Waals surface area contributed by atoms with Crippen molar-refractivity contribution in [1.29, 1.82) is 0 Å². The number of nitrogens with one attached hydrogen (secondary N) is 2. The molecule has 180 valence electrons. The van der Waals surface area contributed by atoms with E-state index in [1.165, 1.54) is 13.1 Å². The van der Waals surface area contributed by atoms with Crippen molar-refractivity contribution < 1.29 is 17.5 Å². The van der Waals surface area contributed by atoms with Gasteiger partial charge in [0.2, 0.25) is 0 Å². The molecule has 1 aliphatic carbocycles. The SMILES string of the molecule is CNS(=O)(=O)N[C@H]1CCN(c2cccnn2)CC1COC1CCC(c2cccc(F)c2)CC1. The van der Waals surface area contributed by atoms with Gasteiger partial charge >= 0.3 is 0 Å². The number of rotatable bonds is 8. The molecule has 1 saturated carbocycles. The molecule has 1 aromatic carbocycles. The van der Waals surface area contributed by atoms with Crippen LogP contribution < -0.4 is 14.3 Å². The Bertz CT molecular complexity index is 1000. The van der Waals surface area contributed by atoms with Crippen molar-refractivity contribution in [3.63, 3.8) is 0 Å². The Morgan fingerprint density at radius 1 is 1.15 bits per heavy atom. The molecule has 2 atom stereocenters. The number of halogens is 1. The molecule has 1 saturated heterocycles. The van der Waals surface area contributed by atoms with Crippen LogP contribution in [0.5, 0.6) is 0 Å². The van der Waals surface area contributed by atoms with Gasteiger partial charge in [-0.05, 0) is 67.9 Å². The molecule has 0 spiro atoms. The molecule has 1 aliphatic heterocycles. The molecule has 2 heterocycles. The van der Waals surface area contributed by atoms with Gasteiger partial charge in [-0.2, -0.15) is 18.2 Å². The van der Waals surface area contributed by atoms with E-state index < -0.39 is 10.2 Å². The van der Waals surface area contributed by atoms with Gasteiger partial charge in [-0.1, -0.05) is 12.1 Å². The van der Waals surface area contributed by atoms with Gasteiger partial charge in [0.15, 0.2) is 5.82 Å². The summed E-state index contributed by atoms with van der Waals surface area (Å²) in [5.74, 6) is 0.932. The molecule has 2 N–H and O–H groups in total. The topological polar surface area (TPSA) is 96.5 Å². The van der Waals surface area contributed by atoms with E-state index >= 15 is 0 Å². The average molecular weight is 478 g/mol. The summed E-state index contributed by atoms with van der Waals surface area (Å²) in [5.41, 5.74) is 1.06. The van der Waals surface area contributed by atoms with Gasteiger partial charge in [-0.3, -0.25) is 0 Å². The third-order valence-corrected chi connectivity index (χ3v) is 7.88. The predicted molar refractivity (Wildman–Crippen MR) is 125 cm³/mol. The monoisotopic (exact) mass is 477 g/mol. The second kappa shape index (κ2) is 10.9. The van der Waals surface area contributed by atoms with Crippen molar-refractivity contribution in [3.8, 4) is 0 Å². The van der Waals surface area contributed by atoms with Crippen LogP contribution in [0, 0.1) is 11.7 Å². The fraction of sp³-hybridized carbons (Fsp3) is 0.565. The number of ether oxygens (including phenoxy) is 1. The first-order chi connectivity index (χ1) is 15.9. The largest absolute Gasteiger partial charge is 0.378 e. The Hall–Kier alpha value is -2.14. The lowest BCUT2D eigenvalue weighted by Gasteiger charge is -2.40. The number of benzene rings is 1. The van der Waals surface area contributed by atoms with E-state index in [-0.39, 0.29) is 23.9 Å². The molecule has 4 rings (SSSR count). The van der Waals surface area contributed by atoms with Crippen LogP contribution >= 0.6 is 0 Å². The third kappa shape index (κ3) is 6.47. The predicted octanol–water partition coefficient (Wildman–Crippen LogP) is 2.61. The summed E-state index contributed by atoms with van der Waals surface area (Å²) in [7, 11) is -2.15. The van der Waals surface area contributed by atoms with E-state index in [1.54, 1.807) is 18.3 Å². The zero-order chi connectivity index (χ0) is 23.3. The minimum atomic E-state index is -3.55. The number of hydrogen-bond donors (Lipinski definition) is 2. The molecule has 0 radical (unpaired) electrons. The molecule has 2 aromatic rings. The lowest BCUT2D eigenvalue weighted by molar-refractivity contribution is -0.00218. The van der Waals surface area contributed by atoms with Gasteiger partial charge in [-0.15, -0.1) is 5.10 Å². The first kappa shape index (κ1) is 24.0. The Morgan fingerprint density at radius 2 is 1.97 bits per heavy atom. The van der Waals surface area contributed by atoms with Crippen molar-refractivity contribution >= 4 is 16.0 Å². The van der Waals surface area contributed by atoms with Crippen molar-refractivity contribution in [2.75, 3.05) is 31.6 Å². The van der Waals surface area contributed by atoms with Crippen LogP contribution in [-0.4, -0.2) is 57.5 Å². The van der Waals surface area contributed by atoms with Crippen LogP contribution in [-0.2, 0) is 14.9 Å². The molecule has 1 aromatic heterocycles. The maximum absolute atomic E-state index is 13.6. The number of nitrogens with zero attached hydrogens (tertiary/aromatic N) is 3. The van der Waals surface area contributed by atoms with Crippen molar-refractivity contribution in [1.82, 2.24) is 19.6 Å². The Labute approximate surface area is 195 Å². The van der Waals surface area contributed by atoms with Crippen molar-refractivity contribution in [2.45, 2.75) is 50.2 Å². The van der Waals surface area contributed by atoms with Gasteiger partial charge in [0.25, 0.3) is 10.2 Å². The molecule has 2 fully saturated rings. The molecule has 8 nitrogen and oxygen atoms in total. The van der Waals surface area contributed by atoms with Crippen LogP contribution in [0.4, 0.5) is 10.2 Å². The molecular formula is C23H32FN5O3S. The second-order valence-corrected chi connectivity index (χ2v) is 10.5. The highest BCUT2D eigenvalue weighted by Gasteiger charge is 2.34. The smallest absolute Gasteiger partial charge is 0.276 e. The Balaban J connectivity index is 1.35. The van der Waals surface area contributed by atoms with Crippen LogP contribution in [0.2, 0.25) is 0 Å². The molecule has 1 unspecified atom stereocenters. The van der Waals surface area contributed by atoms with E-state index in [2.05, 4.69) is 24.5 Å². The van der Waals surface area contributed by atoms with Crippen LogP contribution in [0.25, 0.3) is 0 Å². The quantitative estimate of drug-likeness (QED) is 0.607. The number of hydrogen-bond acceptors (Lipinski definition) is 6. The van der Waals surface area contributed by atoms with Crippen LogP contribution in [0.3, 0.4) is 0 Å². The van der Waals surface area contributed by atoms with Crippen LogP contribution in [0.1, 0.15) is 43.6 Å². The molecule has 0 bridgehead atoms. The maximum Gasteiger partial charge on any atom is 0.276 e.